The van der Waals surface area contributed by atoms with Crippen LogP contribution in [0.5, 0.6) is 0 Å². The van der Waals surface area contributed by atoms with Gasteiger partial charge in [0.15, 0.2) is 0 Å². The molecule has 0 spiro atoms. The van der Waals surface area contributed by atoms with Crippen LogP contribution in [0.1, 0.15) is 11.4 Å². The van der Waals surface area contributed by atoms with Gasteiger partial charge in [-0.3, -0.25) is 4.90 Å². The first-order valence-electron chi connectivity index (χ1n) is 9.33. The molecule has 3 rings (SSSR count). The number of aliphatic hydroxyl groups excluding tert-OH is 1. The molecule has 0 saturated carbocycles. The van der Waals surface area contributed by atoms with Crippen LogP contribution in [0.2, 0.25) is 0 Å². The average molecular weight is 358 g/mol. The van der Waals surface area contributed by atoms with Crippen LogP contribution < -0.4 is 0 Å². The second-order valence-corrected chi connectivity index (χ2v) is 7.40. The van der Waals surface area contributed by atoms with Gasteiger partial charge in [-0.25, -0.2) is 9.97 Å². The molecule has 6 nitrogen and oxygen atoms in total. The van der Waals surface area contributed by atoms with Gasteiger partial charge >= 0.3 is 0 Å². The fourth-order valence-corrected chi connectivity index (χ4v) is 3.80. The largest absolute Gasteiger partial charge is 0.396 e. The number of fused-ring (bicyclic) bond motifs is 1. The molecule has 26 heavy (non-hydrogen) atoms. The van der Waals surface area contributed by atoms with Gasteiger partial charge in [0.2, 0.25) is 0 Å². The number of aliphatic hydroxyl groups is 1. The molecule has 1 aromatic heterocycles. The van der Waals surface area contributed by atoms with Crippen LogP contribution in [-0.2, 0) is 11.3 Å². The van der Waals surface area contributed by atoms with E-state index < -0.39 is 0 Å². The van der Waals surface area contributed by atoms with E-state index in [1.165, 1.54) is 0 Å². The summed E-state index contributed by atoms with van der Waals surface area (Å²) in [5, 5.41) is 9.81. The smallest absolute Gasteiger partial charge is 0.0890 e. The van der Waals surface area contributed by atoms with Crippen molar-refractivity contribution in [1.29, 1.82) is 0 Å². The van der Waals surface area contributed by atoms with Crippen molar-refractivity contribution in [3.8, 4) is 0 Å². The average Bonchev–Trinajstić information content (AvgIpc) is 3.02. The molecular formula is C20H30N4O2. The molecule has 1 saturated heterocycles. The van der Waals surface area contributed by atoms with Crippen LogP contribution in [0.4, 0.5) is 0 Å². The summed E-state index contributed by atoms with van der Waals surface area (Å²) >= 11 is 0. The van der Waals surface area contributed by atoms with E-state index in [0.717, 1.165) is 61.8 Å². The van der Waals surface area contributed by atoms with Crippen LogP contribution in [0.3, 0.4) is 0 Å². The molecule has 1 aromatic carbocycles. The van der Waals surface area contributed by atoms with E-state index >= 15 is 0 Å². The summed E-state index contributed by atoms with van der Waals surface area (Å²) in [5.41, 5.74) is 3.92. The number of benzene rings is 1. The summed E-state index contributed by atoms with van der Waals surface area (Å²) in [4.78, 5) is 14.2. The van der Waals surface area contributed by atoms with Crippen LogP contribution in [-0.4, -0.2) is 78.4 Å². The predicted molar refractivity (Wildman–Crippen MR) is 103 cm³/mol. The molecule has 1 aliphatic rings. The molecule has 1 N–H and O–H groups in total. The number of para-hydroxylation sites is 2. The monoisotopic (exact) mass is 358 g/mol. The summed E-state index contributed by atoms with van der Waals surface area (Å²) in [5.74, 6) is 0.782. The Balaban J connectivity index is 1.66. The van der Waals surface area contributed by atoms with E-state index in [9.17, 15) is 5.11 Å². The fourth-order valence-electron chi connectivity index (χ4n) is 3.80. The number of likely N-dealkylation sites (tertiary alicyclic amines) is 1. The highest BCUT2D eigenvalue weighted by Crippen LogP contribution is 2.26. The van der Waals surface area contributed by atoms with Gasteiger partial charge in [-0.15, -0.1) is 0 Å². The van der Waals surface area contributed by atoms with Gasteiger partial charge in [-0.05, 0) is 37.9 Å². The number of nitrogens with zero attached hydrogens (tertiary/aromatic N) is 4. The van der Waals surface area contributed by atoms with Gasteiger partial charge in [0.25, 0.3) is 0 Å². The summed E-state index contributed by atoms with van der Waals surface area (Å²) in [6.45, 7) is 7.59. The third-order valence-electron chi connectivity index (χ3n) is 5.33. The molecule has 1 fully saturated rings. The zero-order valence-electron chi connectivity index (χ0n) is 16.1. The van der Waals surface area contributed by atoms with E-state index in [4.69, 9.17) is 14.7 Å². The van der Waals surface area contributed by atoms with Crippen molar-refractivity contribution in [2.75, 3.05) is 53.6 Å². The van der Waals surface area contributed by atoms with Crippen molar-refractivity contribution in [1.82, 2.24) is 19.8 Å². The molecule has 2 aromatic rings. The SMILES string of the molecule is COCCN(C)C[C@@H]1CN(Cc2nc3ccccc3nc2C)C[C@@H]1CO. The molecule has 142 valence electrons. The molecule has 0 aliphatic carbocycles. The highest BCUT2D eigenvalue weighted by Gasteiger charge is 2.33. The lowest BCUT2D eigenvalue weighted by molar-refractivity contribution is 0.136. The third kappa shape index (κ3) is 4.57. The minimum Gasteiger partial charge on any atom is -0.396 e. The van der Waals surface area contributed by atoms with Crippen molar-refractivity contribution in [2.45, 2.75) is 13.5 Å². The topological polar surface area (TPSA) is 61.7 Å². The molecule has 0 bridgehead atoms. The zero-order valence-corrected chi connectivity index (χ0v) is 16.1. The Labute approximate surface area is 155 Å². The fraction of sp³-hybridized carbons (Fsp3) is 0.600. The lowest BCUT2D eigenvalue weighted by Crippen LogP contribution is -2.33. The molecule has 2 heterocycles. The molecule has 0 unspecified atom stereocenters. The Morgan fingerprint density at radius 2 is 1.88 bits per heavy atom. The lowest BCUT2D eigenvalue weighted by atomic mass is 9.96. The maximum atomic E-state index is 9.81. The van der Waals surface area contributed by atoms with Crippen molar-refractivity contribution in [3.63, 3.8) is 0 Å². The van der Waals surface area contributed by atoms with Gasteiger partial charge in [0, 0.05) is 46.4 Å². The van der Waals surface area contributed by atoms with Gasteiger partial charge in [0.05, 0.1) is 29.0 Å². The number of ether oxygens (including phenoxy) is 1. The van der Waals surface area contributed by atoms with Gasteiger partial charge in [0.1, 0.15) is 0 Å². The number of likely N-dealkylation sites (N-methyl/N-ethyl adjacent to an activating group) is 1. The van der Waals surface area contributed by atoms with Crippen molar-refractivity contribution >= 4 is 11.0 Å². The molecule has 0 amide bonds. The Morgan fingerprint density at radius 1 is 1.19 bits per heavy atom. The maximum Gasteiger partial charge on any atom is 0.0890 e. The first-order chi connectivity index (χ1) is 12.6. The number of methoxy groups -OCH3 is 1. The summed E-state index contributed by atoms with van der Waals surface area (Å²) < 4.78 is 5.16. The van der Waals surface area contributed by atoms with Crippen molar-refractivity contribution < 1.29 is 9.84 Å². The summed E-state index contributed by atoms with van der Waals surface area (Å²) in [6.07, 6.45) is 0. The van der Waals surface area contributed by atoms with E-state index in [-0.39, 0.29) is 6.61 Å². The van der Waals surface area contributed by atoms with E-state index in [1.54, 1.807) is 7.11 Å². The standard InChI is InChI=1S/C20H30N4O2/c1-15-20(22-19-7-5-4-6-18(19)21-15)13-24-11-16(17(12-24)14-25)10-23(2)8-9-26-3/h4-7,16-17,25H,8-14H2,1-3H3/t16-,17-/m1/s1. The molecule has 0 radical (unpaired) electrons. The molecule has 6 heteroatoms. The Morgan fingerprint density at radius 3 is 2.58 bits per heavy atom. The minimum absolute atomic E-state index is 0.238. The quantitative estimate of drug-likeness (QED) is 0.773. The van der Waals surface area contributed by atoms with Gasteiger partial charge in [-0.2, -0.15) is 0 Å². The van der Waals surface area contributed by atoms with Crippen molar-refractivity contribution in [3.05, 3.63) is 35.7 Å². The number of rotatable bonds is 8. The van der Waals surface area contributed by atoms with Crippen LogP contribution in [0.15, 0.2) is 24.3 Å². The van der Waals surface area contributed by atoms with Gasteiger partial charge < -0.3 is 14.7 Å². The summed E-state index contributed by atoms with van der Waals surface area (Å²) in [6, 6.07) is 8.01. The van der Waals surface area contributed by atoms with Crippen molar-refractivity contribution in [2.24, 2.45) is 11.8 Å². The maximum absolute atomic E-state index is 9.81. The van der Waals surface area contributed by atoms with Crippen LogP contribution >= 0.6 is 0 Å². The highest BCUT2D eigenvalue weighted by atomic mass is 16.5. The first-order valence-corrected chi connectivity index (χ1v) is 9.33. The molecular weight excluding hydrogens is 328 g/mol. The van der Waals surface area contributed by atoms with Crippen LogP contribution in [0.25, 0.3) is 11.0 Å². The molecule has 1 aliphatic heterocycles. The number of hydrogen-bond donors (Lipinski definition) is 1. The Hall–Kier alpha value is -1.60. The third-order valence-corrected chi connectivity index (χ3v) is 5.33. The lowest BCUT2D eigenvalue weighted by Gasteiger charge is -2.23. The Bertz CT molecular complexity index is 724. The second kappa shape index (κ2) is 8.86. The first kappa shape index (κ1) is 19.2. The van der Waals surface area contributed by atoms with Gasteiger partial charge in [-0.1, -0.05) is 12.1 Å². The van der Waals surface area contributed by atoms with E-state index in [0.29, 0.717) is 11.8 Å². The molecule has 2 atom stereocenters. The predicted octanol–water partition coefficient (Wildman–Crippen LogP) is 1.56. The number of aryl methyl sites for hydroxylation is 1. The van der Waals surface area contributed by atoms with Crippen LogP contribution in [0, 0.1) is 18.8 Å². The van der Waals surface area contributed by atoms with E-state index in [2.05, 4.69) is 16.8 Å². The van der Waals surface area contributed by atoms with E-state index in [1.807, 2.05) is 31.2 Å². The normalized spacial score (nSPS) is 21.1. The second-order valence-electron chi connectivity index (χ2n) is 7.40. The zero-order chi connectivity index (χ0) is 18.5. The number of aromatic nitrogens is 2. The number of hydrogen-bond acceptors (Lipinski definition) is 6. The Kier molecular flexibility index (Phi) is 6.53. The summed E-state index contributed by atoms with van der Waals surface area (Å²) in [7, 11) is 3.85. The highest BCUT2D eigenvalue weighted by molar-refractivity contribution is 5.74. The minimum atomic E-state index is 0.238.